The van der Waals surface area contributed by atoms with Gasteiger partial charge in [0.15, 0.2) is 5.58 Å². The highest BCUT2D eigenvalue weighted by Crippen LogP contribution is 2.40. The van der Waals surface area contributed by atoms with Gasteiger partial charge in [0.05, 0.1) is 16.8 Å². The number of halogens is 3. The highest BCUT2D eigenvalue weighted by atomic mass is 19.4. The average molecular weight is 480 g/mol. The molecule has 10 heteroatoms. The molecular formula is C25H19F3N4O3. The minimum absolute atomic E-state index is 0.00223. The Morgan fingerprint density at radius 1 is 1.03 bits per heavy atom. The number of guanidine groups is 1. The number of H-pyrrole nitrogens is 1. The minimum atomic E-state index is -4.58. The minimum Gasteiger partial charge on any atom is -0.408 e. The highest BCUT2D eigenvalue weighted by Gasteiger charge is 2.31. The standard InChI is InChI=1S/C25H19F3N4O3/c26-25(27,28)17-5-1-4-16(11-17)22(33)32-23(29-18-6-2-3-15(12-18)14-7-8-14)30-19-9-10-20-21(13-19)35-24(34)31-20/h1-6,9-14H,7-8H2,(H,31,34)(H2,29,30,32,33). The van der Waals surface area contributed by atoms with E-state index in [1.807, 2.05) is 18.2 Å². The van der Waals surface area contributed by atoms with Crippen LogP contribution in [0.2, 0.25) is 0 Å². The third-order valence-corrected chi connectivity index (χ3v) is 5.53. The topological polar surface area (TPSA) is 99.5 Å². The van der Waals surface area contributed by atoms with Crippen molar-refractivity contribution in [3.8, 4) is 0 Å². The van der Waals surface area contributed by atoms with Gasteiger partial charge in [0, 0.05) is 17.3 Å². The number of amides is 1. The molecule has 1 aliphatic carbocycles. The summed E-state index contributed by atoms with van der Waals surface area (Å²) in [4.78, 5) is 31.2. The number of alkyl halides is 3. The second-order valence-corrected chi connectivity index (χ2v) is 8.21. The fourth-order valence-corrected chi connectivity index (χ4v) is 3.66. The second-order valence-electron chi connectivity index (χ2n) is 8.21. The first-order valence-electron chi connectivity index (χ1n) is 10.8. The van der Waals surface area contributed by atoms with Gasteiger partial charge in [0.1, 0.15) is 0 Å². The predicted octanol–water partition coefficient (Wildman–Crippen LogP) is 5.55. The van der Waals surface area contributed by atoms with E-state index in [0.29, 0.717) is 22.8 Å². The van der Waals surface area contributed by atoms with Crippen molar-refractivity contribution in [2.45, 2.75) is 24.9 Å². The second kappa shape index (κ2) is 8.79. The van der Waals surface area contributed by atoms with Gasteiger partial charge in [-0.2, -0.15) is 13.2 Å². The Morgan fingerprint density at radius 2 is 1.83 bits per heavy atom. The Hall–Kier alpha value is -4.34. The molecule has 1 saturated carbocycles. The molecule has 0 atom stereocenters. The maximum absolute atomic E-state index is 13.1. The van der Waals surface area contributed by atoms with Gasteiger partial charge < -0.3 is 9.73 Å². The molecule has 0 saturated heterocycles. The number of carbonyl (C=O) groups excluding carboxylic acids is 1. The zero-order valence-corrected chi connectivity index (χ0v) is 18.1. The molecule has 0 radical (unpaired) electrons. The first-order valence-corrected chi connectivity index (χ1v) is 10.8. The van der Waals surface area contributed by atoms with E-state index in [4.69, 9.17) is 4.42 Å². The van der Waals surface area contributed by atoms with Gasteiger partial charge >= 0.3 is 11.9 Å². The van der Waals surface area contributed by atoms with Crippen LogP contribution in [0, 0.1) is 0 Å². The highest BCUT2D eigenvalue weighted by molar-refractivity contribution is 6.10. The number of benzene rings is 3. The number of fused-ring (bicyclic) bond motifs is 1. The molecule has 3 N–H and O–H groups in total. The van der Waals surface area contributed by atoms with Crippen LogP contribution in [0.3, 0.4) is 0 Å². The number of aromatic amines is 1. The van der Waals surface area contributed by atoms with Crippen LogP contribution in [0.4, 0.5) is 24.5 Å². The van der Waals surface area contributed by atoms with E-state index in [1.165, 1.54) is 18.2 Å². The summed E-state index contributed by atoms with van der Waals surface area (Å²) in [6.07, 6.45) is -2.36. The van der Waals surface area contributed by atoms with Crippen LogP contribution < -0.4 is 16.4 Å². The van der Waals surface area contributed by atoms with Crippen LogP contribution >= 0.6 is 0 Å². The lowest BCUT2D eigenvalue weighted by atomic mass is 10.1. The van der Waals surface area contributed by atoms with E-state index in [0.717, 1.165) is 30.5 Å². The SMILES string of the molecule is O=C(NC(=Nc1ccc2[nH]c(=O)oc2c1)Nc1cccc(C2CC2)c1)c1cccc(C(F)(F)F)c1. The molecule has 5 rings (SSSR count). The number of nitrogens with one attached hydrogen (secondary N) is 3. The normalized spacial score (nSPS) is 14.2. The van der Waals surface area contributed by atoms with E-state index >= 15 is 0 Å². The molecule has 178 valence electrons. The summed E-state index contributed by atoms with van der Waals surface area (Å²) in [6.45, 7) is 0. The largest absolute Gasteiger partial charge is 0.417 e. The molecule has 0 unspecified atom stereocenters. The van der Waals surface area contributed by atoms with Crippen molar-refractivity contribution in [2.24, 2.45) is 4.99 Å². The summed E-state index contributed by atoms with van der Waals surface area (Å²) in [5, 5.41) is 5.60. The van der Waals surface area contributed by atoms with Crippen molar-refractivity contribution in [2.75, 3.05) is 5.32 Å². The van der Waals surface area contributed by atoms with Crippen LogP contribution in [0.25, 0.3) is 11.1 Å². The summed E-state index contributed by atoms with van der Waals surface area (Å²) >= 11 is 0. The van der Waals surface area contributed by atoms with Crippen molar-refractivity contribution in [3.63, 3.8) is 0 Å². The van der Waals surface area contributed by atoms with Gasteiger partial charge in [-0.1, -0.05) is 18.2 Å². The number of nitrogens with zero attached hydrogens (tertiary/aromatic N) is 1. The van der Waals surface area contributed by atoms with Gasteiger partial charge in [0.25, 0.3) is 5.91 Å². The summed E-state index contributed by atoms with van der Waals surface area (Å²) in [5.74, 6) is -0.891. The molecule has 1 amide bonds. The first kappa shape index (κ1) is 22.5. The maximum Gasteiger partial charge on any atom is 0.417 e. The lowest BCUT2D eigenvalue weighted by molar-refractivity contribution is -0.137. The Bertz CT molecular complexity index is 1500. The van der Waals surface area contributed by atoms with E-state index in [-0.39, 0.29) is 17.1 Å². The fourth-order valence-electron chi connectivity index (χ4n) is 3.66. The van der Waals surface area contributed by atoms with Gasteiger partial charge in [-0.3, -0.25) is 15.1 Å². The molecule has 3 aromatic carbocycles. The van der Waals surface area contributed by atoms with E-state index in [1.54, 1.807) is 18.2 Å². The zero-order chi connectivity index (χ0) is 24.6. The van der Waals surface area contributed by atoms with Crippen molar-refractivity contribution in [3.05, 3.63) is 94.0 Å². The Labute approximate surface area is 196 Å². The third-order valence-electron chi connectivity index (χ3n) is 5.53. The molecule has 1 heterocycles. The van der Waals surface area contributed by atoms with E-state index in [9.17, 15) is 22.8 Å². The fraction of sp³-hybridized carbons (Fsp3) is 0.160. The number of hydrogen-bond acceptors (Lipinski definition) is 4. The van der Waals surface area contributed by atoms with E-state index in [2.05, 4.69) is 20.6 Å². The van der Waals surface area contributed by atoms with Crippen molar-refractivity contribution < 1.29 is 22.4 Å². The number of hydrogen-bond donors (Lipinski definition) is 3. The molecule has 4 aromatic rings. The van der Waals surface area contributed by atoms with E-state index < -0.39 is 23.4 Å². The number of anilines is 1. The monoisotopic (exact) mass is 480 g/mol. The molecule has 1 aliphatic rings. The summed E-state index contributed by atoms with van der Waals surface area (Å²) in [5.41, 5.74) is 1.81. The van der Waals surface area contributed by atoms with Crippen molar-refractivity contribution in [1.29, 1.82) is 0 Å². The van der Waals surface area contributed by atoms with Gasteiger partial charge in [-0.25, -0.2) is 9.79 Å². The Morgan fingerprint density at radius 3 is 2.60 bits per heavy atom. The van der Waals surface area contributed by atoms with Gasteiger partial charge in [-0.15, -0.1) is 0 Å². The van der Waals surface area contributed by atoms with Crippen molar-refractivity contribution >= 4 is 34.3 Å². The number of oxazole rings is 1. The lowest BCUT2D eigenvalue weighted by Gasteiger charge is -2.14. The molecule has 35 heavy (non-hydrogen) atoms. The Balaban J connectivity index is 1.47. The summed E-state index contributed by atoms with van der Waals surface area (Å²) in [7, 11) is 0. The zero-order valence-electron chi connectivity index (χ0n) is 18.1. The van der Waals surface area contributed by atoms with Crippen LogP contribution in [-0.4, -0.2) is 16.9 Å². The molecule has 7 nitrogen and oxygen atoms in total. The number of aromatic nitrogens is 1. The third kappa shape index (κ3) is 5.26. The van der Waals surface area contributed by atoms with Gasteiger partial charge in [-0.05, 0) is 66.8 Å². The van der Waals surface area contributed by atoms with Crippen LogP contribution in [0.15, 0.2) is 80.9 Å². The van der Waals surface area contributed by atoms with Crippen LogP contribution in [-0.2, 0) is 6.18 Å². The maximum atomic E-state index is 13.1. The number of carbonyl (C=O) groups is 1. The molecule has 1 aromatic heterocycles. The molecule has 0 bridgehead atoms. The van der Waals surface area contributed by atoms with Crippen molar-refractivity contribution in [1.82, 2.24) is 10.3 Å². The molecular weight excluding hydrogens is 461 g/mol. The summed E-state index contributed by atoms with van der Waals surface area (Å²) < 4.78 is 44.4. The van der Waals surface area contributed by atoms with Crippen LogP contribution in [0.1, 0.15) is 40.2 Å². The molecule has 1 fully saturated rings. The molecule has 0 aliphatic heterocycles. The predicted molar refractivity (Wildman–Crippen MR) is 125 cm³/mol. The first-order chi connectivity index (χ1) is 16.7. The lowest BCUT2D eigenvalue weighted by Crippen LogP contribution is -2.36. The number of rotatable bonds is 4. The number of aliphatic imine (C=N–C) groups is 1. The van der Waals surface area contributed by atoms with Gasteiger partial charge in [0.2, 0.25) is 5.96 Å². The average Bonchev–Trinajstić information content (AvgIpc) is 3.60. The quantitative estimate of drug-likeness (QED) is 0.264. The summed E-state index contributed by atoms with van der Waals surface area (Å²) in [6, 6.07) is 16.5. The Kier molecular flexibility index (Phi) is 5.64. The molecule has 0 spiro atoms. The smallest absolute Gasteiger partial charge is 0.408 e. The van der Waals surface area contributed by atoms with Crippen LogP contribution in [0.5, 0.6) is 0 Å².